The van der Waals surface area contributed by atoms with Crippen molar-refractivity contribution < 1.29 is 9.53 Å². The molecule has 4 rings (SSSR count). The Morgan fingerprint density at radius 3 is 2.36 bits per heavy atom. The first-order valence-corrected chi connectivity index (χ1v) is 8.50. The maximum atomic E-state index is 12.8. The van der Waals surface area contributed by atoms with Gasteiger partial charge in [-0.2, -0.15) is 0 Å². The average molecular weight is 332 g/mol. The quantitative estimate of drug-likeness (QED) is 0.733. The molecule has 1 aromatic heterocycles. The van der Waals surface area contributed by atoms with E-state index in [-0.39, 0.29) is 12.0 Å². The van der Waals surface area contributed by atoms with Crippen molar-refractivity contribution in [3.63, 3.8) is 0 Å². The van der Waals surface area contributed by atoms with Crippen molar-refractivity contribution in [3.8, 4) is 5.69 Å². The first kappa shape index (κ1) is 15.7. The number of amides is 1. The third kappa shape index (κ3) is 3.35. The summed E-state index contributed by atoms with van der Waals surface area (Å²) in [5, 5.41) is 0. The van der Waals surface area contributed by atoms with E-state index in [0.29, 0.717) is 25.3 Å². The molecule has 2 heterocycles. The highest BCUT2D eigenvalue weighted by Gasteiger charge is 2.26. The maximum Gasteiger partial charge on any atom is 0.254 e. The zero-order valence-electron chi connectivity index (χ0n) is 13.9. The lowest BCUT2D eigenvalue weighted by Crippen LogP contribution is -2.42. The molecule has 4 nitrogen and oxygen atoms in total. The molecule has 1 aliphatic rings. The summed E-state index contributed by atoms with van der Waals surface area (Å²) in [7, 11) is 0. The lowest BCUT2D eigenvalue weighted by atomic mass is 10.1. The van der Waals surface area contributed by atoms with Crippen LogP contribution in [0, 0.1) is 0 Å². The van der Waals surface area contributed by atoms with Crippen molar-refractivity contribution in [1.29, 1.82) is 0 Å². The summed E-state index contributed by atoms with van der Waals surface area (Å²) in [6, 6.07) is 21.8. The normalized spacial score (nSPS) is 17.4. The predicted molar refractivity (Wildman–Crippen MR) is 96.8 cm³/mol. The number of carbonyl (C=O) groups excluding carboxylic acids is 1. The first-order chi connectivity index (χ1) is 12.3. The van der Waals surface area contributed by atoms with E-state index in [2.05, 4.69) is 0 Å². The Balaban J connectivity index is 1.48. The van der Waals surface area contributed by atoms with Crippen molar-refractivity contribution in [2.24, 2.45) is 0 Å². The molecule has 0 bridgehead atoms. The van der Waals surface area contributed by atoms with Gasteiger partial charge in [-0.15, -0.1) is 0 Å². The number of benzene rings is 2. The van der Waals surface area contributed by atoms with Crippen LogP contribution in [0.15, 0.2) is 79.1 Å². The third-order valence-corrected chi connectivity index (χ3v) is 4.54. The summed E-state index contributed by atoms with van der Waals surface area (Å²) in [5.74, 6) is 0.0586. The topological polar surface area (TPSA) is 34.5 Å². The second-order valence-corrected chi connectivity index (χ2v) is 6.16. The van der Waals surface area contributed by atoms with Crippen LogP contribution in [-0.2, 0) is 4.74 Å². The van der Waals surface area contributed by atoms with E-state index in [9.17, 15) is 4.79 Å². The number of hydrogen-bond donors (Lipinski definition) is 0. The molecule has 0 spiro atoms. The highest BCUT2D eigenvalue weighted by Crippen LogP contribution is 2.23. The van der Waals surface area contributed by atoms with Crippen molar-refractivity contribution in [3.05, 3.63) is 90.3 Å². The molecular weight excluding hydrogens is 312 g/mol. The summed E-state index contributed by atoms with van der Waals surface area (Å²) in [5.41, 5.74) is 2.87. The molecule has 0 unspecified atom stereocenters. The van der Waals surface area contributed by atoms with Gasteiger partial charge in [0.2, 0.25) is 0 Å². The lowest BCUT2D eigenvalue weighted by Gasteiger charge is -2.33. The second kappa shape index (κ2) is 6.95. The van der Waals surface area contributed by atoms with E-state index in [4.69, 9.17) is 4.74 Å². The number of hydrogen-bond acceptors (Lipinski definition) is 2. The van der Waals surface area contributed by atoms with E-state index in [1.807, 2.05) is 88.6 Å². The third-order valence-electron chi connectivity index (χ3n) is 4.54. The Labute approximate surface area is 147 Å². The summed E-state index contributed by atoms with van der Waals surface area (Å²) in [6.45, 7) is 1.77. The summed E-state index contributed by atoms with van der Waals surface area (Å²) >= 11 is 0. The zero-order chi connectivity index (χ0) is 17.1. The minimum Gasteiger partial charge on any atom is -0.370 e. The van der Waals surface area contributed by atoms with Gasteiger partial charge < -0.3 is 14.2 Å². The largest absolute Gasteiger partial charge is 0.370 e. The molecule has 1 fully saturated rings. The Hall–Kier alpha value is -2.85. The molecule has 1 amide bonds. The standard InChI is InChI=1S/C21H20N2O2/c24-21(18-8-10-19(11-9-18)22-12-4-5-13-22)23-14-15-25-20(16-23)17-6-2-1-3-7-17/h1-13,20H,14-16H2/t20-/m0/s1. The summed E-state index contributed by atoms with van der Waals surface area (Å²) in [6.07, 6.45) is 3.92. The molecular formula is C21H20N2O2. The van der Waals surface area contributed by atoms with Crippen molar-refractivity contribution >= 4 is 5.91 Å². The van der Waals surface area contributed by atoms with Gasteiger partial charge in [0.25, 0.3) is 5.91 Å². The number of rotatable bonds is 3. The van der Waals surface area contributed by atoms with Gasteiger partial charge in [0, 0.05) is 30.2 Å². The summed E-state index contributed by atoms with van der Waals surface area (Å²) in [4.78, 5) is 14.7. The fraction of sp³-hybridized carbons (Fsp3) is 0.190. The van der Waals surface area contributed by atoms with E-state index < -0.39 is 0 Å². The van der Waals surface area contributed by atoms with E-state index >= 15 is 0 Å². The van der Waals surface area contributed by atoms with Crippen LogP contribution in [0.4, 0.5) is 0 Å². The van der Waals surface area contributed by atoms with Crippen LogP contribution in [0.3, 0.4) is 0 Å². The van der Waals surface area contributed by atoms with Gasteiger partial charge in [0.1, 0.15) is 6.10 Å². The first-order valence-electron chi connectivity index (χ1n) is 8.50. The fourth-order valence-electron chi connectivity index (χ4n) is 3.17. The minimum atomic E-state index is -0.0574. The van der Waals surface area contributed by atoms with E-state index in [1.165, 1.54) is 0 Å². The monoisotopic (exact) mass is 332 g/mol. The molecule has 1 aliphatic heterocycles. The Kier molecular flexibility index (Phi) is 4.36. The number of morpholine rings is 1. The molecule has 0 N–H and O–H groups in total. The Morgan fingerprint density at radius 2 is 1.64 bits per heavy atom. The van der Waals surface area contributed by atoms with Crippen LogP contribution in [0.25, 0.3) is 5.69 Å². The Morgan fingerprint density at radius 1 is 0.920 bits per heavy atom. The number of ether oxygens (including phenoxy) is 1. The molecule has 0 aliphatic carbocycles. The molecule has 3 aromatic rings. The molecule has 1 atom stereocenters. The van der Waals surface area contributed by atoms with Crippen molar-refractivity contribution in [1.82, 2.24) is 9.47 Å². The van der Waals surface area contributed by atoms with Crippen molar-refractivity contribution in [2.45, 2.75) is 6.10 Å². The van der Waals surface area contributed by atoms with Crippen LogP contribution in [0.5, 0.6) is 0 Å². The van der Waals surface area contributed by atoms with Crippen LogP contribution >= 0.6 is 0 Å². The highest BCUT2D eigenvalue weighted by molar-refractivity contribution is 5.94. The molecule has 1 saturated heterocycles. The van der Waals surface area contributed by atoms with Crippen LogP contribution in [0.1, 0.15) is 22.0 Å². The van der Waals surface area contributed by atoms with Gasteiger partial charge in [-0.3, -0.25) is 4.79 Å². The van der Waals surface area contributed by atoms with E-state index in [0.717, 1.165) is 11.3 Å². The molecule has 0 saturated carbocycles. The van der Waals surface area contributed by atoms with Gasteiger partial charge in [-0.05, 0) is 42.0 Å². The van der Waals surface area contributed by atoms with Gasteiger partial charge >= 0.3 is 0 Å². The smallest absolute Gasteiger partial charge is 0.254 e. The van der Waals surface area contributed by atoms with Crippen LogP contribution in [-0.4, -0.2) is 35.1 Å². The molecule has 4 heteroatoms. The van der Waals surface area contributed by atoms with Gasteiger partial charge in [-0.1, -0.05) is 30.3 Å². The molecule has 2 aromatic carbocycles. The average Bonchev–Trinajstić information content (AvgIpc) is 3.23. The lowest BCUT2D eigenvalue weighted by molar-refractivity contribution is -0.0228. The number of carbonyl (C=O) groups is 1. The molecule has 25 heavy (non-hydrogen) atoms. The van der Waals surface area contributed by atoms with Crippen LogP contribution < -0.4 is 0 Å². The van der Waals surface area contributed by atoms with Gasteiger partial charge in [0.05, 0.1) is 13.2 Å². The molecule has 0 radical (unpaired) electrons. The maximum absolute atomic E-state index is 12.8. The number of nitrogens with zero attached hydrogens (tertiary/aromatic N) is 2. The predicted octanol–water partition coefficient (Wildman–Crippen LogP) is 3.69. The molecule has 126 valence electrons. The second-order valence-electron chi connectivity index (χ2n) is 6.16. The van der Waals surface area contributed by atoms with Gasteiger partial charge in [-0.25, -0.2) is 0 Å². The number of aromatic nitrogens is 1. The highest BCUT2D eigenvalue weighted by atomic mass is 16.5. The zero-order valence-corrected chi connectivity index (χ0v) is 13.9. The van der Waals surface area contributed by atoms with Crippen LogP contribution in [0.2, 0.25) is 0 Å². The minimum absolute atomic E-state index is 0.0574. The van der Waals surface area contributed by atoms with Gasteiger partial charge in [0.15, 0.2) is 0 Å². The summed E-state index contributed by atoms with van der Waals surface area (Å²) < 4.78 is 7.87. The fourth-order valence-corrected chi connectivity index (χ4v) is 3.17. The Bertz CT molecular complexity index is 826. The van der Waals surface area contributed by atoms with Crippen molar-refractivity contribution in [2.75, 3.05) is 19.7 Å². The van der Waals surface area contributed by atoms with E-state index in [1.54, 1.807) is 0 Å². The SMILES string of the molecule is O=C(c1ccc(-n2cccc2)cc1)N1CCO[C@H](c2ccccc2)C1.